The molecule has 5 rings (SSSR count). The molecular formula is C42H54N10O2. The molecule has 12 nitrogen and oxygen atoms in total. The van der Waals surface area contributed by atoms with Gasteiger partial charge < -0.3 is 20.8 Å². The van der Waals surface area contributed by atoms with Crippen molar-refractivity contribution in [2.45, 2.75) is 26.9 Å². The number of aromatic nitrogens is 2. The molecule has 3 heterocycles. The molecule has 0 radical (unpaired) electrons. The van der Waals surface area contributed by atoms with Crippen LogP contribution >= 0.6 is 0 Å². The van der Waals surface area contributed by atoms with Gasteiger partial charge >= 0.3 is 0 Å². The molecule has 0 aliphatic carbocycles. The lowest BCUT2D eigenvalue weighted by Crippen LogP contribution is -2.35. The summed E-state index contributed by atoms with van der Waals surface area (Å²) in [5.74, 6) is 0.359. The third kappa shape index (κ3) is 13.7. The van der Waals surface area contributed by atoms with E-state index in [4.69, 9.17) is 20.0 Å². The quantitative estimate of drug-likeness (QED) is 0.179. The van der Waals surface area contributed by atoms with E-state index < -0.39 is 0 Å². The standard InChI is InChI=1S/C42H54N10O2/c1-33-23-35-27-43-11-17-51(21-15-47-31-39-7-3-5-9-49-39)19-13-45-29-37-25-34(2)26-38(42(37)54)30-46-14-20-52(18-12-44-28-36(24-33)41(35)53)22-16-48-32-40-8-4-6-10-50-40/h3-10,23-30,47-48,53-54H,11-22,31-32H2,1-2H3. The Morgan fingerprint density at radius 3 is 1.20 bits per heavy atom. The highest BCUT2D eigenvalue weighted by atomic mass is 16.3. The molecule has 0 saturated carbocycles. The maximum atomic E-state index is 11.1. The Labute approximate surface area is 319 Å². The van der Waals surface area contributed by atoms with Gasteiger partial charge in [-0.3, -0.25) is 39.7 Å². The fraction of sp³-hybridized carbons (Fsp3) is 0.381. The van der Waals surface area contributed by atoms with E-state index in [-0.39, 0.29) is 11.5 Å². The monoisotopic (exact) mass is 730 g/mol. The second kappa shape index (κ2) is 22.2. The number of aliphatic imine (C=N–C) groups is 4. The number of nitrogens with zero attached hydrogens (tertiary/aromatic N) is 8. The molecule has 12 heteroatoms. The maximum Gasteiger partial charge on any atom is 0.133 e. The topological polar surface area (TPSA) is 146 Å². The normalized spacial score (nSPS) is 15.3. The predicted molar refractivity (Wildman–Crippen MR) is 220 cm³/mol. The van der Waals surface area contributed by atoms with E-state index in [1.165, 1.54) is 0 Å². The minimum absolute atomic E-state index is 0.180. The molecule has 2 aromatic heterocycles. The number of aromatic hydroxyl groups is 2. The first-order valence-electron chi connectivity index (χ1n) is 18.8. The molecule has 4 bridgehead atoms. The van der Waals surface area contributed by atoms with Gasteiger partial charge in [-0.05, 0) is 73.5 Å². The van der Waals surface area contributed by atoms with Crippen molar-refractivity contribution < 1.29 is 10.2 Å². The Hall–Kier alpha value is -5.14. The summed E-state index contributed by atoms with van der Waals surface area (Å²) < 4.78 is 0. The highest BCUT2D eigenvalue weighted by Gasteiger charge is 2.10. The Balaban J connectivity index is 1.29. The number of aryl methyl sites for hydroxylation is 2. The largest absolute Gasteiger partial charge is 0.507 e. The molecular weight excluding hydrogens is 677 g/mol. The third-order valence-corrected chi connectivity index (χ3v) is 9.00. The minimum Gasteiger partial charge on any atom is -0.507 e. The zero-order valence-corrected chi connectivity index (χ0v) is 31.6. The van der Waals surface area contributed by atoms with Gasteiger partial charge in [0.05, 0.1) is 37.6 Å². The van der Waals surface area contributed by atoms with Crippen LogP contribution in [-0.2, 0) is 13.1 Å². The highest BCUT2D eigenvalue weighted by molar-refractivity contribution is 5.93. The number of rotatable bonds is 10. The van der Waals surface area contributed by atoms with Crippen LogP contribution in [0.15, 0.2) is 93.0 Å². The number of hydrogen-bond acceptors (Lipinski definition) is 12. The van der Waals surface area contributed by atoms with Crippen molar-refractivity contribution >= 4 is 24.9 Å². The number of phenolic OH excluding ortho intramolecular Hbond substituents is 2. The number of benzene rings is 2. The van der Waals surface area contributed by atoms with Crippen LogP contribution < -0.4 is 10.6 Å². The van der Waals surface area contributed by atoms with Crippen LogP contribution in [0.5, 0.6) is 11.5 Å². The molecule has 1 aliphatic heterocycles. The van der Waals surface area contributed by atoms with Crippen LogP contribution in [0.3, 0.4) is 0 Å². The average Bonchev–Trinajstić information content (AvgIpc) is 3.18. The Bertz CT molecular complexity index is 1630. The van der Waals surface area contributed by atoms with E-state index >= 15 is 0 Å². The van der Waals surface area contributed by atoms with Gasteiger partial charge in [-0.2, -0.15) is 0 Å². The Kier molecular flexibility index (Phi) is 16.4. The summed E-state index contributed by atoms with van der Waals surface area (Å²) in [5.41, 5.74) is 6.76. The number of pyridine rings is 2. The molecule has 4 N–H and O–H groups in total. The highest BCUT2D eigenvalue weighted by Crippen LogP contribution is 2.23. The van der Waals surface area contributed by atoms with Gasteiger partial charge in [0.15, 0.2) is 0 Å². The Morgan fingerprint density at radius 1 is 0.537 bits per heavy atom. The number of fused-ring (bicyclic) bond motifs is 4. The van der Waals surface area contributed by atoms with Crippen molar-refractivity contribution in [3.05, 3.63) is 118 Å². The molecule has 0 fully saturated rings. The number of hydrogen-bond donors (Lipinski definition) is 4. The zero-order chi connectivity index (χ0) is 37.8. The van der Waals surface area contributed by atoms with Crippen molar-refractivity contribution in [2.75, 3.05) is 78.5 Å². The maximum absolute atomic E-state index is 11.1. The van der Waals surface area contributed by atoms with Crippen LogP contribution in [0, 0.1) is 13.8 Å². The van der Waals surface area contributed by atoms with Crippen molar-refractivity contribution in [1.29, 1.82) is 0 Å². The summed E-state index contributed by atoms with van der Waals surface area (Å²) in [4.78, 5) is 32.3. The van der Waals surface area contributed by atoms with Gasteiger partial charge in [-0.1, -0.05) is 12.1 Å². The van der Waals surface area contributed by atoms with Crippen molar-refractivity contribution in [2.24, 2.45) is 20.0 Å². The molecule has 2 aromatic carbocycles. The first-order chi connectivity index (χ1) is 26.4. The summed E-state index contributed by atoms with van der Waals surface area (Å²) in [6, 6.07) is 19.6. The van der Waals surface area contributed by atoms with E-state index in [1.54, 1.807) is 37.3 Å². The smallest absolute Gasteiger partial charge is 0.133 e. The van der Waals surface area contributed by atoms with E-state index in [1.807, 2.05) is 74.5 Å². The Morgan fingerprint density at radius 2 is 0.889 bits per heavy atom. The first kappa shape index (κ1) is 40.1. The number of phenols is 2. The second-order valence-corrected chi connectivity index (χ2v) is 13.4. The average molecular weight is 731 g/mol. The molecule has 284 valence electrons. The molecule has 0 saturated heterocycles. The zero-order valence-electron chi connectivity index (χ0n) is 31.6. The molecule has 0 spiro atoms. The van der Waals surface area contributed by atoms with E-state index in [0.29, 0.717) is 61.5 Å². The van der Waals surface area contributed by atoms with E-state index in [2.05, 4.69) is 30.4 Å². The SMILES string of the molecule is Cc1cc2c(O)c(c1)C=NCCN(CCNCc1ccccn1)CCN=Cc1cc(C)cc(c1O)C=NCCN(CCNCc1ccccn1)CCN=C2. The molecule has 0 atom stereocenters. The molecule has 1 aliphatic rings. The van der Waals surface area contributed by atoms with Gasteiger partial charge in [0.2, 0.25) is 0 Å². The number of nitrogens with one attached hydrogen (secondary N) is 2. The fourth-order valence-electron chi connectivity index (χ4n) is 6.10. The van der Waals surface area contributed by atoms with Crippen molar-refractivity contribution in [3.8, 4) is 11.5 Å². The minimum atomic E-state index is 0.180. The van der Waals surface area contributed by atoms with Gasteiger partial charge in [-0.15, -0.1) is 0 Å². The van der Waals surface area contributed by atoms with Gasteiger partial charge in [0.1, 0.15) is 11.5 Å². The van der Waals surface area contributed by atoms with Crippen LogP contribution in [0.1, 0.15) is 44.8 Å². The summed E-state index contributed by atoms with van der Waals surface area (Å²) >= 11 is 0. The van der Waals surface area contributed by atoms with E-state index in [9.17, 15) is 10.2 Å². The molecule has 0 unspecified atom stereocenters. The van der Waals surface area contributed by atoms with Crippen LogP contribution in [-0.4, -0.2) is 133 Å². The lowest BCUT2D eigenvalue weighted by Gasteiger charge is -2.21. The van der Waals surface area contributed by atoms with Crippen molar-refractivity contribution in [3.63, 3.8) is 0 Å². The summed E-state index contributed by atoms with van der Waals surface area (Å²) in [6.07, 6.45) is 10.6. The molecule has 54 heavy (non-hydrogen) atoms. The van der Waals surface area contributed by atoms with Crippen LogP contribution in [0.25, 0.3) is 0 Å². The first-order valence-corrected chi connectivity index (χ1v) is 18.8. The lowest BCUT2D eigenvalue weighted by atomic mass is 10.1. The second-order valence-electron chi connectivity index (χ2n) is 13.4. The fourth-order valence-corrected chi connectivity index (χ4v) is 6.10. The summed E-state index contributed by atoms with van der Waals surface area (Å²) in [6.45, 7) is 13.8. The van der Waals surface area contributed by atoms with E-state index in [0.717, 1.165) is 74.9 Å². The van der Waals surface area contributed by atoms with Gasteiger partial charge in [-0.25, -0.2) is 0 Å². The summed E-state index contributed by atoms with van der Waals surface area (Å²) in [7, 11) is 0. The van der Waals surface area contributed by atoms with Gasteiger partial charge in [0, 0.05) is 125 Å². The summed E-state index contributed by atoms with van der Waals surface area (Å²) in [5, 5.41) is 29.2. The predicted octanol–water partition coefficient (Wildman–Crippen LogP) is 4.08. The lowest BCUT2D eigenvalue weighted by molar-refractivity contribution is 0.288. The molecule has 4 aromatic rings. The molecule has 0 amide bonds. The third-order valence-electron chi connectivity index (χ3n) is 9.00. The van der Waals surface area contributed by atoms with Crippen LogP contribution in [0.2, 0.25) is 0 Å². The van der Waals surface area contributed by atoms with Crippen LogP contribution in [0.4, 0.5) is 0 Å². The van der Waals surface area contributed by atoms with Crippen molar-refractivity contribution in [1.82, 2.24) is 30.4 Å². The van der Waals surface area contributed by atoms with Gasteiger partial charge in [0.25, 0.3) is 0 Å².